The summed E-state index contributed by atoms with van der Waals surface area (Å²) in [5.74, 6) is 2.54. The highest BCUT2D eigenvalue weighted by Crippen LogP contribution is 2.27. The third-order valence-electron chi connectivity index (χ3n) is 3.05. The number of hydrogen-bond acceptors (Lipinski definition) is 3. The lowest BCUT2D eigenvalue weighted by molar-refractivity contribution is 0.339. The molecule has 2 aromatic carbocycles. The van der Waals surface area contributed by atoms with E-state index in [1.807, 2.05) is 38.1 Å². The minimum Gasteiger partial charge on any atom is -0.494 e. The molecule has 3 heteroatoms. The number of rotatable bonds is 6. The fourth-order valence-electron chi connectivity index (χ4n) is 1.97. The van der Waals surface area contributed by atoms with Crippen molar-refractivity contribution in [2.75, 3.05) is 13.2 Å². The Morgan fingerprint density at radius 2 is 1.70 bits per heavy atom. The Kier molecular flexibility index (Phi) is 5.02. The van der Waals surface area contributed by atoms with E-state index in [0.29, 0.717) is 13.2 Å². The summed E-state index contributed by atoms with van der Waals surface area (Å²) in [5.41, 5.74) is 7.90. The lowest BCUT2D eigenvalue weighted by atomic mass is 10.1. The Balaban J connectivity index is 2.14. The first-order chi connectivity index (χ1) is 9.72. The molecule has 0 aliphatic carbocycles. The van der Waals surface area contributed by atoms with Gasteiger partial charge in [0.2, 0.25) is 0 Å². The number of nitrogens with two attached hydrogens (primary N) is 1. The molecule has 0 unspecified atom stereocenters. The van der Waals surface area contributed by atoms with Crippen molar-refractivity contribution >= 4 is 0 Å². The first kappa shape index (κ1) is 14.4. The average Bonchev–Trinajstić information content (AvgIpc) is 2.45. The summed E-state index contributed by atoms with van der Waals surface area (Å²) in [6.45, 7) is 5.32. The van der Waals surface area contributed by atoms with Crippen LogP contribution in [0.5, 0.6) is 17.2 Å². The number of hydrogen-bond donors (Lipinski definition) is 1. The molecule has 2 N–H and O–H groups in total. The van der Waals surface area contributed by atoms with Crippen LogP contribution in [0.3, 0.4) is 0 Å². The highest BCUT2D eigenvalue weighted by molar-refractivity contribution is 5.41. The minimum absolute atomic E-state index is 0.644. The van der Waals surface area contributed by atoms with Crippen LogP contribution >= 0.6 is 0 Å². The molecule has 2 rings (SSSR count). The maximum Gasteiger partial charge on any atom is 0.130 e. The van der Waals surface area contributed by atoms with Gasteiger partial charge in [-0.2, -0.15) is 0 Å². The number of benzene rings is 2. The van der Waals surface area contributed by atoms with E-state index in [2.05, 4.69) is 18.2 Å². The highest BCUT2D eigenvalue weighted by atomic mass is 16.5. The largest absolute Gasteiger partial charge is 0.494 e. The van der Waals surface area contributed by atoms with E-state index in [1.165, 1.54) is 5.56 Å². The normalized spacial score (nSPS) is 10.3. The minimum atomic E-state index is 0.644. The van der Waals surface area contributed by atoms with Crippen LogP contribution < -0.4 is 15.2 Å². The Bertz CT molecular complexity index is 549. The molecule has 0 heterocycles. The van der Waals surface area contributed by atoms with E-state index in [0.717, 1.165) is 29.2 Å². The predicted molar refractivity (Wildman–Crippen MR) is 81.6 cm³/mol. The van der Waals surface area contributed by atoms with Gasteiger partial charge in [0.15, 0.2) is 0 Å². The van der Waals surface area contributed by atoms with Gasteiger partial charge in [-0.15, -0.1) is 0 Å². The monoisotopic (exact) mass is 271 g/mol. The molecule has 0 amide bonds. The lowest BCUT2D eigenvalue weighted by Gasteiger charge is -2.11. The van der Waals surface area contributed by atoms with E-state index in [9.17, 15) is 0 Å². The Labute approximate surface area is 120 Å². The fourth-order valence-corrected chi connectivity index (χ4v) is 1.97. The smallest absolute Gasteiger partial charge is 0.130 e. The van der Waals surface area contributed by atoms with Crippen LogP contribution in [0.2, 0.25) is 0 Å². The molecule has 0 bridgehead atoms. The van der Waals surface area contributed by atoms with Gasteiger partial charge in [-0.1, -0.05) is 12.1 Å². The van der Waals surface area contributed by atoms with Crippen LogP contribution in [0.15, 0.2) is 42.5 Å². The van der Waals surface area contributed by atoms with Gasteiger partial charge in [-0.05, 0) is 68.3 Å². The number of ether oxygens (including phenoxy) is 2. The van der Waals surface area contributed by atoms with Crippen molar-refractivity contribution in [3.8, 4) is 17.2 Å². The van der Waals surface area contributed by atoms with Crippen molar-refractivity contribution in [2.24, 2.45) is 5.73 Å². The van der Waals surface area contributed by atoms with E-state index in [1.54, 1.807) is 0 Å². The molecule has 106 valence electrons. The molecule has 20 heavy (non-hydrogen) atoms. The molecule has 0 aliphatic heterocycles. The van der Waals surface area contributed by atoms with Gasteiger partial charge in [0.1, 0.15) is 17.2 Å². The first-order valence-electron chi connectivity index (χ1n) is 6.93. The van der Waals surface area contributed by atoms with Crippen LogP contribution in [0.25, 0.3) is 0 Å². The van der Waals surface area contributed by atoms with E-state index >= 15 is 0 Å². The summed E-state index contributed by atoms with van der Waals surface area (Å²) in [4.78, 5) is 0. The Morgan fingerprint density at radius 3 is 2.35 bits per heavy atom. The van der Waals surface area contributed by atoms with Gasteiger partial charge in [0.25, 0.3) is 0 Å². The maximum absolute atomic E-state index is 5.93. The molecule has 0 saturated heterocycles. The SMILES string of the molecule is CCOc1ccc(Oc2cc(CCN)ccc2C)cc1. The highest BCUT2D eigenvalue weighted by Gasteiger charge is 2.04. The summed E-state index contributed by atoms with van der Waals surface area (Å²) >= 11 is 0. The fraction of sp³-hybridized carbons (Fsp3) is 0.294. The van der Waals surface area contributed by atoms with Crippen LogP contribution in [0, 0.1) is 6.92 Å². The second-order valence-electron chi connectivity index (χ2n) is 4.65. The molecule has 0 aliphatic rings. The van der Waals surface area contributed by atoms with E-state index < -0.39 is 0 Å². The van der Waals surface area contributed by atoms with Gasteiger partial charge in [-0.3, -0.25) is 0 Å². The second-order valence-corrected chi connectivity index (χ2v) is 4.65. The van der Waals surface area contributed by atoms with Crippen molar-refractivity contribution < 1.29 is 9.47 Å². The van der Waals surface area contributed by atoms with Crippen molar-refractivity contribution in [3.05, 3.63) is 53.6 Å². The van der Waals surface area contributed by atoms with Crippen molar-refractivity contribution in [3.63, 3.8) is 0 Å². The zero-order valence-corrected chi connectivity index (χ0v) is 12.1. The molecule has 2 aromatic rings. The van der Waals surface area contributed by atoms with E-state index in [4.69, 9.17) is 15.2 Å². The van der Waals surface area contributed by atoms with E-state index in [-0.39, 0.29) is 0 Å². The lowest BCUT2D eigenvalue weighted by Crippen LogP contribution is -2.02. The molecule has 0 saturated carbocycles. The van der Waals surface area contributed by atoms with Crippen molar-refractivity contribution in [1.29, 1.82) is 0 Å². The maximum atomic E-state index is 5.93. The zero-order chi connectivity index (χ0) is 14.4. The summed E-state index contributed by atoms with van der Waals surface area (Å²) in [6, 6.07) is 13.9. The molecule has 0 atom stereocenters. The third-order valence-corrected chi connectivity index (χ3v) is 3.05. The van der Waals surface area contributed by atoms with Gasteiger partial charge < -0.3 is 15.2 Å². The Morgan fingerprint density at radius 1 is 1.00 bits per heavy atom. The molecule has 0 fully saturated rings. The second kappa shape index (κ2) is 6.96. The standard InChI is InChI=1S/C17H21NO2/c1-3-19-15-6-8-16(9-7-15)20-17-12-14(10-11-18)5-4-13(17)2/h4-9,12H,3,10-11,18H2,1-2H3. The van der Waals surface area contributed by atoms with Gasteiger partial charge in [0.05, 0.1) is 6.61 Å². The summed E-state index contributed by atoms with van der Waals surface area (Å²) in [7, 11) is 0. The van der Waals surface area contributed by atoms with Crippen molar-refractivity contribution in [2.45, 2.75) is 20.3 Å². The molecular formula is C17H21NO2. The quantitative estimate of drug-likeness (QED) is 0.871. The van der Waals surface area contributed by atoms with Crippen LogP contribution in [0.1, 0.15) is 18.1 Å². The summed E-state index contributed by atoms with van der Waals surface area (Å²) < 4.78 is 11.3. The van der Waals surface area contributed by atoms with Gasteiger partial charge in [-0.25, -0.2) is 0 Å². The predicted octanol–water partition coefficient (Wildman–Crippen LogP) is 3.69. The molecule has 0 radical (unpaired) electrons. The van der Waals surface area contributed by atoms with Gasteiger partial charge in [0, 0.05) is 0 Å². The molecule has 0 spiro atoms. The summed E-state index contributed by atoms with van der Waals surface area (Å²) in [6.07, 6.45) is 0.861. The topological polar surface area (TPSA) is 44.5 Å². The third kappa shape index (κ3) is 3.75. The van der Waals surface area contributed by atoms with Crippen molar-refractivity contribution in [1.82, 2.24) is 0 Å². The molecule has 3 nitrogen and oxygen atoms in total. The van der Waals surface area contributed by atoms with Gasteiger partial charge >= 0.3 is 0 Å². The average molecular weight is 271 g/mol. The molecular weight excluding hydrogens is 250 g/mol. The summed E-state index contributed by atoms with van der Waals surface area (Å²) in [5, 5.41) is 0. The first-order valence-corrected chi connectivity index (χ1v) is 6.93. The Hall–Kier alpha value is -2.00. The van der Waals surface area contributed by atoms with Crippen LogP contribution in [-0.4, -0.2) is 13.2 Å². The molecule has 0 aromatic heterocycles. The van der Waals surface area contributed by atoms with Crippen LogP contribution in [-0.2, 0) is 6.42 Å². The number of aryl methyl sites for hydroxylation is 1. The zero-order valence-electron chi connectivity index (χ0n) is 12.1. The van der Waals surface area contributed by atoms with Crippen LogP contribution in [0.4, 0.5) is 0 Å².